The molecule has 0 fully saturated rings. The molecule has 0 aliphatic carbocycles. The summed E-state index contributed by atoms with van der Waals surface area (Å²) >= 11 is 0. The first kappa shape index (κ1) is 13.0. The lowest BCUT2D eigenvalue weighted by atomic mass is 10.2. The van der Waals surface area contributed by atoms with Crippen molar-refractivity contribution in [1.29, 1.82) is 0 Å². The van der Waals surface area contributed by atoms with Crippen molar-refractivity contribution >= 4 is 11.8 Å². The van der Waals surface area contributed by atoms with Gasteiger partial charge >= 0.3 is 6.09 Å². The first-order valence-electron chi connectivity index (χ1n) is 5.33. The van der Waals surface area contributed by atoms with Crippen LogP contribution < -0.4 is 5.32 Å². The molecule has 0 aliphatic rings. The van der Waals surface area contributed by atoms with Crippen molar-refractivity contribution in [2.45, 2.75) is 32.9 Å². The Hall–Kier alpha value is -2.02. The van der Waals surface area contributed by atoms with E-state index in [2.05, 4.69) is 10.2 Å². The van der Waals surface area contributed by atoms with E-state index >= 15 is 0 Å². The maximum absolute atomic E-state index is 11.5. The van der Waals surface area contributed by atoms with Gasteiger partial charge in [-0.15, -0.1) is 0 Å². The Kier molecular flexibility index (Phi) is 4.11. The van der Waals surface area contributed by atoms with E-state index in [1.807, 2.05) is 32.9 Å². The maximum Gasteiger partial charge on any atom is 0.412 e. The molecule has 0 bridgehead atoms. The highest BCUT2D eigenvalue weighted by Crippen LogP contribution is 2.13. The van der Waals surface area contributed by atoms with Gasteiger partial charge in [-0.3, -0.25) is 5.32 Å². The third-order valence-corrected chi connectivity index (χ3v) is 1.86. The molecule has 0 radical (unpaired) electrons. The molecule has 0 saturated carbocycles. The molecule has 1 aromatic rings. The Morgan fingerprint density at radius 1 is 1.35 bits per heavy atom. The van der Waals surface area contributed by atoms with Gasteiger partial charge in [-0.2, -0.15) is 0 Å². The number of hydrogen-bond acceptors (Lipinski definition) is 2. The number of rotatable bonds is 2. The highest BCUT2D eigenvalue weighted by atomic mass is 16.6. The molecular formula is C13H16N2O2. The smallest absolute Gasteiger partial charge is 0.412 e. The van der Waals surface area contributed by atoms with Gasteiger partial charge in [0.05, 0.1) is 0 Å². The van der Waals surface area contributed by atoms with E-state index in [1.165, 1.54) is 0 Å². The normalized spacial score (nSPS) is 10.5. The Labute approximate surface area is 101 Å². The number of carbonyl (C=O) groups is 1. The zero-order chi connectivity index (χ0) is 12.9. The van der Waals surface area contributed by atoms with Crippen LogP contribution in [0.2, 0.25) is 0 Å². The molecule has 1 N–H and O–H groups in total. The number of nitrogens with one attached hydrogen (secondary N) is 1. The van der Waals surface area contributed by atoms with Crippen molar-refractivity contribution in [1.82, 2.24) is 0 Å². The fourth-order valence-corrected chi connectivity index (χ4v) is 1.21. The number of benzene rings is 1. The summed E-state index contributed by atoms with van der Waals surface area (Å²) in [5.41, 5.74) is 1.08. The molecule has 0 aliphatic heterocycles. The van der Waals surface area contributed by atoms with Gasteiger partial charge in [0.25, 0.3) is 0 Å². The van der Waals surface area contributed by atoms with E-state index in [1.54, 1.807) is 12.1 Å². The molecular weight excluding hydrogens is 216 g/mol. The first-order valence-corrected chi connectivity index (χ1v) is 5.33. The average Bonchev–Trinajstić information content (AvgIpc) is 2.18. The van der Waals surface area contributed by atoms with E-state index in [0.717, 1.165) is 5.56 Å². The molecule has 0 aromatic heterocycles. The van der Waals surface area contributed by atoms with Crippen LogP contribution in [0, 0.1) is 6.57 Å². The van der Waals surface area contributed by atoms with E-state index < -0.39 is 11.7 Å². The molecule has 4 nitrogen and oxygen atoms in total. The second-order valence-electron chi connectivity index (χ2n) is 4.64. The standard InChI is InChI=1S/C13H16N2O2/c1-13(2,3)17-12(16)15-11-7-5-10(6-8-11)9-14-4/h5-8H,9H2,1-3H3,(H,15,16). The summed E-state index contributed by atoms with van der Waals surface area (Å²) in [7, 11) is 0. The fraction of sp³-hybridized carbons (Fsp3) is 0.385. The Balaban J connectivity index is 2.58. The van der Waals surface area contributed by atoms with Gasteiger partial charge in [-0.05, 0) is 45.0 Å². The van der Waals surface area contributed by atoms with Gasteiger partial charge in [-0.1, -0.05) is 0 Å². The van der Waals surface area contributed by atoms with Crippen molar-refractivity contribution < 1.29 is 9.53 Å². The lowest BCUT2D eigenvalue weighted by molar-refractivity contribution is 0.0636. The molecule has 0 spiro atoms. The number of amides is 1. The van der Waals surface area contributed by atoms with E-state index in [9.17, 15) is 4.79 Å². The molecule has 0 unspecified atom stereocenters. The Morgan fingerprint density at radius 2 is 1.94 bits per heavy atom. The number of hydrogen-bond donors (Lipinski definition) is 1. The molecule has 1 rings (SSSR count). The maximum atomic E-state index is 11.5. The van der Waals surface area contributed by atoms with Gasteiger partial charge < -0.3 is 9.58 Å². The summed E-state index contributed by atoms with van der Waals surface area (Å²) in [6.45, 7) is 12.5. The van der Waals surface area contributed by atoms with Gasteiger partial charge in [0.2, 0.25) is 6.54 Å². The molecule has 17 heavy (non-hydrogen) atoms. The highest BCUT2D eigenvalue weighted by molar-refractivity contribution is 5.84. The Bertz CT molecular complexity index is 424. The minimum atomic E-state index is -0.506. The molecule has 0 saturated heterocycles. The summed E-state index contributed by atoms with van der Waals surface area (Å²) in [6, 6.07) is 7.13. The summed E-state index contributed by atoms with van der Waals surface area (Å²) in [5, 5.41) is 2.63. The second kappa shape index (κ2) is 5.35. The molecule has 1 amide bonds. The number of ether oxygens (including phenoxy) is 1. The quantitative estimate of drug-likeness (QED) is 0.793. The van der Waals surface area contributed by atoms with Crippen LogP contribution in [0.15, 0.2) is 24.3 Å². The van der Waals surface area contributed by atoms with E-state index in [4.69, 9.17) is 11.3 Å². The average molecular weight is 232 g/mol. The SMILES string of the molecule is [C-]#[N+]Cc1ccc(NC(=O)OC(C)(C)C)cc1. The molecule has 90 valence electrons. The predicted octanol–water partition coefficient (Wildman–Crippen LogP) is 3.45. The van der Waals surface area contributed by atoms with E-state index in [0.29, 0.717) is 12.2 Å². The van der Waals surface area contributed by atoms with Crippen molar-refractivity contribution in [3.8, 4) is 0 Å². The Morgan fingerprint density at radius 3 is 2.41 bits per heavy atom. The van der Waals surface area contributed by atoms with Crippen LogP contribution in [0.1, 0.15) is 26.3 Å². The van der Waals surface area contributed by atoms with Gasteiger partial charge in [-0.25, -0.2) is 11.4 Å². The van der Waals surface area contributed by atoms with Crippen molar-refractivity contribution in [3.63, 3.8) is 0 Å². The summed E-state index contributed by atoms with van der Waals surface area (Å²) in [4.78, 5) is 14.7. The van der Waals surface area contributed by atoms with Crippen LogP contribution in [-0.2, 0) is 11.3 Å². The minimum absolute atomic E-state index is 0.354. The van der Waals surface area contributed by atoms with Crippen LogP contribution in [0.3, 0.4) is 0 Å². The van der Waals surface area contributed by atoms with Gasteiger partial charge in [0.1, 0.15) is 5.60 Å². The third kappa shape index (κ3) is 5.03. The largest absolute Gasteiger partial charge is 0.444 e. The zero-order valence-electron chi connectivity index (χ0n) is 10.3. The van der Waals surface area contributed by atoms with E-state index in [-0.39, 0.29) is 0 Å². The number of anilines is 1. The summed E-state index contributed by atoms with van der Waals surface area (Å²) in [5.74, 6) is 0. The van der Waals surface area contributed by atoms with Crippen LogP contribution in [-0.4, -0.2) is 11.7 Å². The molecule has 4 heteroatoms. The number of carbonyl (C=O) groups excluding carboxylic acids is 1. The van der Waals surface area contributed by atoms with Gasteiger partial charge in [0, 0.05) is 11.3 Å². The van der Waals surface area contributed by atoms with Crippen molar-refractivity contribution in [3.05, 3.63) is 41.2 Å². The summed E-state index contributed by atoms with van der Waals surface area (Å²) in [6.07, 6.45) is -0.476. The summed E-state index contributed by atoms with van der Waals surface area (Å²) < 4.78 is 5.12. The van der Waals surface area contributed by atoms with Crippen molar-refractivity contribution in [2.24, 2.45) is 0 Å². The lowest BCUT2D eigenvalue weighted by Crippen LogP contribution is -2.27. The topological polar surface area (TPSA) is 42.7 Å². The predicted molar refractivity (Wildman–Crippen MR) is 66.6 cm³/mol. The van der Waals surface area contributed by atoms with Crippen LogP contribution in [0.25, 0.3) is 4.85 Å². The minimum Gasteiger partial charge on any atom is -0.444 e. The zero-order valence-corrected chi connectivity index (χ0v) is 10.3. The second-order valence-corrected chi connectivity index (χ2v) is 4.64. The molecule has 0 heterocycles. The monoisotopic (exact) mass is 232 g/mol. The van der Waals surface area contributed by atoms with Crippen LogP contribution in [0.4, 0.5) is 10.5 Å². The van der Waals surface area contributed by atoms with Crippen LogP contribution in [0.5, 0.6) is 0 Å². The fourth-order valence-electron chi connectivity index (χ4n) is 1.21. The third-order valence-electron chi connectivity index (χ3n) is 1.86. The van der Waals surface area contributed by atoms with Crippen LogP contribution >= 0.6 is 0 Å². The lowest BCUT2D eigenvalue weighted by Gasteiger charge is -2.19. The first-order chi connectivity index (χ1) is 7.90. The molecule has 0 atom stereocenters. The highest BCUT2D eigenvalue weighted by Gasteiger charge is 2.15. The number of nitrogens with zero attached hydrogens (tertiary/aromatic N) is 1. The van der Waals surface area contributed by atoms with Gasteiger partial charge in [0.15, 0.2) is 0 Å². The molecule has 1 aromatic carbocycles. The van der Waals surface area contributed by atoms with Crippen molar-refractivity contribution in [2.75, 3.05) is 5.32 Å².